The molecule has 1 rings (SSSR count). The van der Waals surface area contributed by atoms with Gasteiger partial charge in [-0.05, 0) is 20.8 Å². The lowest BCUT2D eigenvalue weighted by Gasteiger charge is -2.17. The van der Waals surface area contributed by atoms with Crippen LogP contribution in [0.3, 0.4) is 0 Å². The normalized spacial score (nSPS) is 12.6. The fourth-order valence-electron chi connectivity index (χ4n) is 1.69. The summed E-state index contributed by atoms with van der Waals surface area (Å²) in [5.41, 5.74) is 3.53. The summed E-state index contributed by atoms with van der Waals surface area (Å²) in [5, 5.41) is 3.30. The fraction of sp³-hybridized carbons (Fsp3) is 0.692. The summed E-state index contributed by atoms with van der Waals surface area (Å²) in [7, 11) is 0. The number of nitrogen functional groups attached to an aromatic ring is 1. The number of nitrogens with zero attached hydrogens (tertiary/aromatic N) is 2. The van der Waals surface area contributed by atoms with Gasteiger partial charge in [0.15, 0.2) is 0 Å². The maximum absolute atomic E-state index is 5.50. The minimum atomic E-state index is 0.135. The van der Waals surface area contributed by atoms with E-state index in [1.807, 2.05) is 20.8 Å². The minimum Gasteiger partial charge on any atom is -0.377 e. The molecule has 108 valence electrons. The highest BCUT2D eigenvalue weighted by molar-refractivity contribution is 5.56. The molecule has 19 heavy (non-hydrogen) atoms. The van der Waals surface area contributed by atoms with Crippen molar-refractivity contribution in [3.63, 3.8) is 0 Å². The van der Waals surface area contributed by atoms with E-state index in [0.29, 0.717) is 19.0 Å². The Bertz CT molecular complexity index is 408. The van der Waals surface area contributed by atoms with Crippen molar-refractivity contribution in [3.8, 4) is 0 Å². The lowest BCUT2D eigenvalue weighted by Crippen LogP contribution is -2.22. The lowest BCUT2D eigenvalue weighted by atomic mass is 10.2. The molecule has 0 aliphatic heterocycles. The Morgan fingerprint density at radius 1 is 1.21 bits per heavy atom. The average Bonchev–Trinajstić information content (AvgIpc) is 2.37. The van der Waals surface area contributed by atoms with Crippen molar-refractivity contribution in [3.05, 3.63) is 11.4 Å². The van der Waals surface area contributed by atoms with Crippen LogP contribution < -0.4 is 16.6 Å². The maximum atomic E-state index is 5.50. The van der Waals surface area contributed by atoms with E-state index in [1.54, 1.807) is 0 Å². The van der Waals surface area contributed by atoms with Crippen molar-refractivity contribution in [2.24, 2.45) is 5.84 Å². The van der Waals surface area contributed by atoms with Gasteiger partial charge in [0.1, 0.15) is 17.5 Å². The molecular formula is C13H25N5O. The first-order chi connectivity index (χ1) is 8.99. The lowest BCUT2D eigenvalue weighted by molar-refractivity contribution is 0.0854. The Morgan fingerprint density at radius 2 is 1.84 bits per heavy atom. The fourth-order valence-corrected chi connectivity index (χ4v) is 1.69. The van der Waals surface area contributed by atoms with Gasteiger partial charge in [-0.3, -0.25) is 0 Å². The molecule has 6 nitrogen and oxygen atoms in total. The SMILES string of the molecule is CCOC(C)CNc1nc(C(C)C)nc(NN)c1C. The van der Waals surface area contributed by atoms with E-state index in [1.165, 1.54) is 0 Å². The first-order valence-electron chi connectivity index (χ1n) is 6.70. The smallest absolute Gasteiger partial charge is 0.148 e. The first-order valence-corrected chi connectivity index (χ1v) is 6.70. The predicted molar refractivity (Wildman–Crippen MR) is 78.2 cm³/mol. The standard InChI is InChI=1S/C13H25N5O/c1-6-19-9(4)7-15-12-10(5)13(18-14)17-11(16-12)8(2)3/h8-9H,6-7,14H2,1-5H3,(H2,15,16,17,18). The van der Waals surface area contributed by atoms with Crippen molar-refractivity contribution in [2.45, 2.75) is 46.6 Å². The number of anilines is 2. The van der Waals surface area contributed by atoms with Crippen LogP contribution in [0.2, 0.25) is 0 Å². The van der Waals surface area contributed by atoms with Crippen LogP contribution >= 0.6 is 0 Å². The van der Waals surface area contributed by atoms with Gasteiger partial charge in [-0.2, -0.15) is 0 Å². The molecule has 0 aliphatic carbocycles. The zero-order valence-electron chi connectivity index (χ0n) is 12.4. The van der Waals surface area contributed by atoms with Gasteiger partial charge in [-0.15, -0.1) is 0 Å². The average molecular weight is 267 g/mol. The molecule has 4 N–H and O–H groups in total. The second kappa shape index (κ2) is 7.25. The summed E-state index contributed by atoms with van der Waals surface area (Å²) in [6.07, 6.45) is 0.135. The van der Waals surface area contributed by atoms with Gasteiger partial charge >= 0.3 is 0 Å². The molecule has 0 saturated carbocycles. The van der Waals surface area contributed by atoms with Crippen LogP contribution in [0.5, 0.6) is 0 Å². The maximum Gasteiger partial charge on any atom is 0.148 e. The Hall–Kier alpha value is -1.40. The van der Waals surface area contributed by atoms with Crippen LogP contribution in [0.4, 0.5) is 11.6 Å². The predicted octanol–water partition coefficient (Wildman–Crippen LogP) is 2.03. The van der Waals surface area contributed by atoms with Gasteiger partial charge < -0.3 is 15.5 Å². The summed E-state index contributed by atoms with van der Waals surface area (Å²) in [4.78, 5) is 8.94. The highest BCUT2D eigenvalue weighted by Crippen LogP contribution is 2.22. The zero-order valence-corrected chi connectivity index (χ0v) is 12.4. The van der Waals surface area contributed by atoms with Gasteiger partial charge in [0.2, 0.25) is 0 Å². The Balaban J connectivity index is 2.89. The topological polar surface area (TPSA) is 85.1 Å². The Morgan fingerprint density at radius 3 is 2.37 bits per heavy atom. The van der Waals surface area contributed by atoms with Gasteiger partial charge in [0, 0.05) is 24.6 Å². The summed E-state index contributed by atoms with van der Waals surface area (Å²) in [6.45, 7) is 11.5. The summed E-state index contributed by atoms with van der Waals surface area (Å²) in [5.74, 6) is 7.98. The number of aromatic nitrogens is 2. The number of hydrazine groups is 1. The van der Waals surface area contributed by atoms with Gasteiger partial charge in [-0.25, -0.2) is 15.8 Å². The van der Waals surface area contributed by atoms with E-state index in [4.69, 9.17) is 10.6 Å². The highest BCUT2D eigenvalue weighted by Gasteiger charge is 2.13. The summed E-state index contributed by atoms with van der Waals surface area (Å²) < 4.78 is 5.49. The minimum absolute atomic E-state index is 0.135. The molecule has 1 unspecified atom stereocenters. The molecule has 0 bridgehead atoms. The van der Waals surface area contributed by atoms with Crippen LogP contribution in [0.25, 0.3) is 0 Å². The van der Waals surface area contributed by atoms with E-state index in [-0.39, 0.29) is 12.0 Å². The highest BCUT2D eigenvalue weighted by atomic mass is 16.5. The molecule has 0 aromatic carbocycles. The van der Waals surface area contributed by atoms with Crippen molar-refractivity contribution < 1.29 is 4.74 Å². The largest absolute Gasteiger partial charge is 0.377 e. The number of nitrogens with one attached hydrogen (secondary N) is 2. The molecule has 1 atom stereocenters. The number of hydrogen-bond acceptors (Lipinski definition) is 6. The zero-order chi connectivity index (χ0) is 14.4. The summed E-state index contributed by atoms with van der Waals surface area (Å²) in [6, 6.07) is 0. The number of rotatable bonds is 7. The molecule has 0 saturated heterocycles. The van der Waals surface area contributed by atoms with Crippen molar-refractivity contribution in [1.29, 1.82) is 0 Å². The van der Waals surface area contributed by atoms with E-state index < -0.39 is 0 Å². The Labute approximate surface area is 115 Å². The molecule has 0 amide bonds. The van der Waals surface area contributed by atoms with Crippen LogP contribution in [0, 0.1) is 6.92 Å². The molecule has 1 heterocycles. The molecule has 1 aromatic heterocycles. The van der Waals surface area contributed by atoms with Crippen molar-refractivity contribution in [2.75, 3.05) is 23.9 Å². The molecular weight excluding hydrogens is 242 g/mol. The first kappa shape index (κ1) is 15.7. The molecule has 1 aromatic rings. The van der Waals surface area contributed by atoms with Crippen molar-refractivity contribution >= 4 is 11.6 Å². The van der Waals surface area contributed by atoms with Gasteiger partial charge in [-0.1, -0.05) is 13.8 Å². The van der Waals surface area contributed by atoms with Crippen LogP contribution in [-0.4, -0.2) is 29.2 Å². The summed E-state index contributed by atoms with van der Waals surface area (Å²) >= 11 is 0. The van der Waals surface area contributed by atoms with Gasteiger partial charge in [0.05, 0.1) is 6.10 Å². The quantitative estimate of drug-likeness (QED) is 0.518. The molecule has 0 radical (unpaired) electrons. The molecule has 0 spiro atoms. The van der Waals surface area contributed by atoms with Crippen molar-refractivity contribution in [1.82, 2.24) is 9.97 Å². The van der Waals surface area contributed by atoms with Gasteiger partial charge in [0.25, 0.3) is 0 Å². The van der Waals surface area contributed by atoms with E-state index >= 15 is 0 Å². The van der Waals surface area contributed by atoms with Crippen LogP contribution in [0.1, 0.15) is 45.0 Å². The third kappa shape index (κ3) is 4.33. The molecule has 0 fully saturated rings. The van der Waals surface area contributed by atoms with E-state index in [0.717, 1.165) is 17.2 Å². The van der Waals surface area contributed by atoms with E-state index in [2.05, 4.69) is 34.6 Å². The second-order valence-electron chi connectivity index (χ2n) is 4.85. The van der Waals surface area contributed by atoms with Crippen LogP contribution in [0.15, 0.2) is 0 Å². The third-order valence-electron chi connectivity index (χ3n) is 2.82. The number of nitrogens with two attached hydrogens (primary N) is 1. The number of hydrogen-bond donors (Lipinski definition) is 3. The molecule has 6 heteroatoms. The van der Waals surface area contributed by atoms with Crippen LogP contribution in [-0.2, 0) is 4.74 Å². The monoisotopic (exact) mass is 267 g/mol. The Kier molecular flexibility index (Phi) is 5.98. The second-order valence-corrected chi connectivity index (χ2v) is 4.85. The van der Waals surface area contributed by atoms with E-state index in [9.17, 15) is 0 Å². The molecule has 0 aliphatic rings. The number of ether oxygens (including phenoxy) is 1. The third-order valence-corrected chi connectivity index (χ3v) is 2.82.